The number of aryl methyl sites for hydroxylation is 2. The maximum absolute atomic E-state index is 12.4. The number of aliphatic carboxylic acids is 1. The summed E-state index contributed by atoms with van der Waals surface area (Å²) in [7, 11) is 0. The van der Waals surface area contributed by atoms with Gasteiger partial charge in [-0.3, -0.25) is 14.3 Å². The molecule has 0 aliphatic carbocycles. The summed E-state index contributed by atoms with van der Waals surface area (Å²) in [6.07, 6.45) is 1.44. The Bertz CT molecular complexity index is 576. The summed E-state index contributed by atoms with van der Waals surface area (Å²) in [6.45, 7) is 7.61. The van der Waals surface area contributed by atoms with Gasteiger partial charge in [-0.25, -0.2) is 0 Å². The van der Waals surface area contributed by atoms with E-state index in [9.17, 15) is 14.7 Å². The Balaban J connectivity index is 2.04. The summed E-state index contributed by atoms with van der Waals surface area (Å²) in [5.41, 5.74) is 2.02. The van der Waals surface area contributed by atoms with Gasteiger partial charge in [0.15, 0.2) is 0 Å². The van der Waals surface area contributed by atoms with Gasteiger partial charge in [0.25, 0.3) is 5.91 Å². The molecule has 0 saturated carbocycles. The van der Waals surface area contributed by atoms with Crippen LogP contribution in [0.1, 0.15) is 41.5 Å². The number of nitrogens with one attached hydrogen (secondary N) is 1. The Labute approximate surface area is 136 Å². The molecule has 1 fully saturated rings. The lowest BCUT2D eigenvalue weighted by Gasteiger charge is -2.27. The zero-order valence-corrected chi connectivity index (χ0v) is 14.0. The van der Waals surface area contributed by atoms with Crippen molar-refractivity contribution >= 4 is 11.9 Å². The molecule has 1 unspecified atom stereocenters. The van der Waals surface area contributed by atoms with E-state index in [1.807, 2.05) is 13.8 Å². The number of carbonyl (C=O) groups is 2. The molecule has 0 radical (unpaired) electrons. The Kier molecular flexibility index (Phi) is 5.76. The van der Waals surface area contributed by atoms with Gasteiger partial charge in [-0.05, 0) is 39.5 Å². The molecule has 7 heteroatoms. The first kappa shape index (κ1) is 17.5. The predicted octanol–water partition coefficient (Wildman–Crippen LogP) is 1.38. The summed E-state index contributed by atoms with van der Waals surface area (Å²) in [5, 5.41) is 16.6. The highest BCUT2D eigenvalue weighted by molar-refractivity contribution is 5.96. The molecule has 128 valence electrons. The number of carboxylic acid groups (broad SMARTS) is 1. The minimum absolute atomic E-state index is 0.0436. The van der Waals surface area contributed by atoms with E-state index >= 15 is 0 Å². The standard InChI is InChI=1S/C16H25N3O4/c1-4-19-11(3)14(10(2)18-19)15(20)17-9-13(16(21)22)12-5-7-23-8-6-12/h12-13H,4-9H2,1-3H3,(H,17,20)(H,21,22). The molecule has 1 amide bonds. The average Bonchev–Trinajstić information content (AvgIpc) is 2.82. The first-order chi connectivity index (χ1) is 11.0. The number of rotatable bonds is 6. The summed E-state index contributed by atoms with van der Waals surface area (Å²) >= 11 is 0. The monoisotopic (exact) mass is 323 g/mol. The van der Waals surface area contributed by atoms with Crippen molar-refractivity contribution in [3.8, 4) is 0 Å². The zero-order chi connectivity index (χ0) is 17.0. The molecular weight excluding hydrogens is 298 g/mol. The number of carbonyl (C=O) groups excluding carboxylic acids is 1. The Morgan fingerprint density at radius 3 is 2.57 bits per heavy atom. The Morgan fingerprint density at radius 2 is 2.04 bits per heavy atom. The smallest absolute Gasteiger partial charge is 0.308 e. The van der Waals surface area contributed by atoms with Crippen molar-refractivity contribution in [3.05, 3.63) is 17.0 Å². The second-order valence-corrected chi connectivity index (χ2v) is 5.97. The van der Waals surface area contributed by atoms with E-state index in [0.29, 0.717) is 31.0 Å². The predicted molar refractivity (Wildman–Crippen MR) is 84.4 cm³/mol. The molecule has 23 heavy (non-hydrogen) atoms. The fraction of sp³-hybridized carbons (Fsp3) is 0.688. The van der Waals surface area contributed by atoms with Crippen LogP contribution in [0.3, 0.4) is 0 Å². The summed E-state index contributed by atoms with van der Waals surface area (Å²) in [4.78, 5) is 24.0. The number of hydrogen-bond donors (Lipinski definition) is 2. The molecule has 2 rings (SSSR count). The van der Waals surface area contributed by atoms with Crippen molar-refractivity contribution in [2.24, 2.45) is 11.8 Å². The van der Waals surface area contributed by atoms with Gasteiger partial charge in [0.05, 0.1) is 17.2 Å². The number of nitrogens with zero attached hydrogens (tertiary/aromatic N) is 2. The van der Waals surface area contributed by atoms with Crippen molar-refractivity contribution in [2.75, 3.05) is 19.8 Å². The fourth-order valence-corrected chi connectivity index (χ4v) is 3.20. The van der Waals surface area contributed by atoms with Gasteiger partial charge in [0.1, 0.15) is 0 Å². The largest absolute Gasteiger partial charge is 0.481 e. The Morgan fingerprint density at radius 1 is 1.39 bits per heavy atom. The van der Waals surface area contributed by atoms with Gasteiger partial charge in [0, 0.05) is 32.0 Å². The second kappa shape index (κ2) is 7.59. The Hall–Kier alpha value is -1.89. The molecule has 1 aliphatic heterocycles. The SMILES string of the molecule is CCn1nc(C)c(C(=O)NCC(C(=O)O)C2CCOCC2)c1C. The van der Waals surface area contributed by atoms with E-state index in [4.69, 9.17) is 4.74 Å². The van der Waals surface area contributed by atoms with Crippen LogP contribution in [0.25, 0.3) is 0 Å². The molecule has 0 bridgehead atoms. The van der Waals surface area contributed by atoms with E-state index in [1.165, 1.54) is 0 Å². The quantitative estimate of drug-likeness (QED) is 0.825. The highest BCUT2D eigenvalue weighted by atomic mass is 16.5. The van der Waals surface area contributed by atoms with Crippen LogP contribution >= 0.6 is 0 Å². The van der Waals surface area contributed by atoms with E-state index < -0.39 is 11.9 Å². The van der Waals surface area contributed by atoms with Crippen molar-refractivity contribution in [1.29, 1.82) is 0 Å². The summed E-state index contributed by atoms with van der Waals surface area (Å²) in [5.74, 6) is -1.65. The number of carboxylic acids is 1. The van der Waals surface area contributed by atoms with Crippen LogP contribution in [0.4, 0.5) is 0 Å². The molecule has 2 N–H and O–H groups in total. The van der Waals surface area contributed by atoms with E-state index in [-0.39, 0.29) is 18.4 Å². The van der Waals surface area contributed by atoms with Crippen molar-refractivity contribution < 1.29 is 19.4 Å². The van der Waals surface area contributed by atoms with Crippen LogP contribution in [0.2, 0.25) is 0 Å². The van der Waals surface area contributed by atoms with Crippen LogP contribution in [-0.2, 0) is 16.1 Å². The van der Waals surface area contributed by atoms with Crippen LogP contribution in [0, 0.1) is 25.7 Å². The van der Waals surface area contributed by atoms with Crippen LogP contribution in [0.5, 0.6) is 0 Å². The molecule has 7 nitrogen and oxygen atoms in total. The number of aromatic nitrogens is 2. The molecular formula is C16H25N3O4. The first-order valence-corrected chi connectivity index (χ1v) is 8.08. The average molecular weight is 323 g/mol. The maximum Gasteiger partial charge on any atom is 0.308 e. The van der Waals surface area contributed by atoms with Crippen LogP contribution in [-0.4, -0.2) is 46.5 Å². The van der Waals surface area contributed by atoms with Gasteiger partial charge in [0.2, 0.25) is 0 Å². The minimum Gasteiger partial charge on any atom is -0.481 e. The second-order valence-electron chi connectivity index (χ2n) is 5.97. The number of amides is 1. The first-order valence-electron chi connectivity index (χ1n) is 8.08. The van der Waals surface area contributed by atoms with E-state index in [2.05, 4.69) is 10.4 Å². The summed E-state index contributed by atoms with van der Waals surface area (Å²) in [6, 6.07) is 0. The van der Waals surface area contributed by atoms with Crippen molar-refractivity contribution in [2.45, 2.75) is 40.2 Å². The van der Waals surface area contributed by atoms with Crippen molar-refractivity contribution in [3.63, 3.8) is 0 Å². The van der Waals surface area contributed by atoms with Gasteiger partial charge in [-0.15, -0.1) is 0 Å². The zero-order valence-electron chi connectivity index (χ0n) is 14.0. The van der Waals surface area contributed by atoms with E-state index in [0.717, 1.165) is 18.5 Å². The lowest BCUT2D eigenvalue weighted by Crippen LogP contribution is -2.39. The third-order valence-corrected chi connectivity index (χ3v) is 4.54. The van der Waals surface area contributed by atoms with Gasteiger partial charge >= 0.3 is 5.97 Å². The highest BCUT2D eigenvalue weighted by Crippen LogP contribution is 2.24. The van der Waals surface area contributed by atoms with E-state index in [1.54, 1.807) is 11.6 Å². The number of hydrogen-bond acceptors (Lipinski definition) is 4. The number of ether oxygens (including phenoxy) is 1. The summed E-state index contributed by atoms with van der Waals surface area (Å²) < 4.78 is 7.05. The molecule has 1 aromatic heterocycles. The van der Waals surface area contributed by atoms with Crippen molar-refractivity contribution in [1.82, 2.24) is 15.1 Å². The van der Waals surface area contributed by atoms with Gasteiger partial charge in [-0.1, -0.05) is 0 Å². The normalized spacial score (nSPS) is 17.0. The molecule has 1 saturated heterocycles. The maximum atomic E-state index is 12.4. The molecule has 1 aromatic rings. The highest BCUT2D eigenvalue weighted by Gasteiger charge is 2.30. The minimum atomic E-state index is -0.866. The van der Waals surface area contributed by atoms with Crippen LogP contribution < -0.4 is 5.32 Å². The molecule has 1 atom stereocenters. The third-order valence-electron chi connectivity index (χ3n) is 4.54. The van der Waals surface area contributed by atoms with Crippen LogP contribution in [0.15, 0.2) is 0 Å². The third kappa shape index (κ3) is 3.90. The molecule has 1 aliphatic rings. The fourth-order valence-electron chi connectivity index (χ4n) is 3.20. The van der Waals surface area contributed by atoms with Gasteiger partial charge in [-0.2, -0.15) is 5.10 Å². The topological polar surface area (TPSA) is 93.5 Å². The lowest BCUT2D eigenvalue weighted by molar-refractivity contribution is -0.144. The molecule has 0 aromatic carbocycles. The lowest BCUT2D eigenvalue weighted by atomic mass is 9.86. The molecule has 2 heterocycles. The molecule has 0 spiro atoms. The van der Waals surface area contributed by atoms with Gasteiger partial charge < -0.3 is 15.2 Å².